The number of esters is 1. The Hall–Kier alpha value is -2.21. The van der Waals surface area contributed by atoms with Crippen molar-refractivity contribution in [1.29, 1.82) is 0 Å². The van der Waals surface area contributed by atoms with Gasteiger partial charge in [0, 0.05) is 6.08 Å². The Bertz CT molecular complexity index is 711. The minimum absolute atomic E-state index is 0.354. The number of amides is 1. The van der Waals surface area contributed by atoms with Gasteiger partial charge in [0.2, 0.25) is 5.91 Å². The summed E-state index contributed by atoms with van der Waals surface area (Å²) in [4.78, 5) is 24.7. The van der Waals surface area contributed by atoms with Crippen LogP contribution in [0.4, 0.5) is 0 Å². The maximum absolute atomic E-state index is 12.4. The lowest BCUT2D eigenvalue weighted by molar-refractivity contribution is -0.152. The van der Waals surface area contributed by atoms with Crippen molar-refractivity contribution in [2.24, 2.45) is 0 Å². The molecule has 1 aromatic rings. The van der Waals surface area contributed by atoms with Gasteiger partial charge in [0.15, 0.2) is 11.5 Å². The van der Waals surface area contributed by atoms with Crippen molar-refractivity contribution in [1.82, 2.24) is 5.32 Å². The van der Waals surface area contributed by atoms with E-state index in [1.807, 2.05) is 6.92 Å². The number of hydrogen-bond acceptors (Lipinski definition) is 5. The van der Waals surface area contributed by atoms with Gasteiger partial charge < -0.3 is 19.5 Å². The second-order valence-corrected chi connectivity index (χ2v) is 6.83. The molecule has 2 rings (SSSR count). The van der Waals surface area contributed by atoms with Crippen LogP contribution in [-0.2, 0) is 14.3 Å². The molecule has 7 heteroatoms. The number of rotatable bonds is 7. The van der Waals surface area contributed by atoms with E-state index in [2.05, 4.69) is 5.32 Å². The zero-order chi connectivity index (χ0) is 19.9. The minimum atomic E-state index is -0.942. The van der Waals surface area contributed by atoms with Crippen molar-refractivity contribution in [2.45, 2.75) is 44.6 Å². The molecule has 1 fully saturated rings. The molecule has 0 radical (unpaired) electrons. The number of methoxy groups -OCH3 is 2. The van der Waals surface area contributed by atoms with Crippen molar-refractivity contribution in [3.05, 3.63) is 28.8 Å². The van der Waals surface area contributed by atoms with E-state index in [1.165, 1.54) is 20.3 Å². The summed E-state index contributed by atoms with van der Waals surface area (Å²) in [6, 6.07) is 3.43. The van der Waals surface area contributed by atoms with Crippen molar-refractivity contribution < 1.29 is 23.8 Å². The predicted molar refractivity (Wildman–Crippen MR) is 104 cm³/mol. The summed E-state index contributed by atoms with van der Waals surface area (Å²) in [5.41, 5.74) is -0.252. The summed E-state index contributed by atoms with van der Waals surface area (Å²) in [5, 5.41) is 3.23. The molecule has 148 valence electrons. The molecule has 1 aliphatic carbocycles. The lowest BCUT2D eigenvalue weighted by Crippen LogP contribution is -2.55. The van der Waals surface area contributed by atoms with E-state index in [-0.39, 0.29) is 5.91 Å². The normalized spacial score (nSPS) is 16.0. The van der Waals surface area contributed by atoms with Crippen LogP contribution in [0, 0.1) is 0 Å². The maximum atomic E-state index is 12.4. The molecule has 0 saturated heterocycles. The molecule has 1 amide bonds. The number of halogens is 1. The smallest absolute Gasteiger partial charge is 0.331 e. The van der Waals surface area contributed by atoms with E-state index in [4.69, 9.17) is 25.8 Å². The third-order valence-electron chi connectivity index (χ3n) is 4.61. The van der Waals surface area contributed by atoms with Crippen LogP contribution in [0.5, 0.6) is 11.5 Å². The van der Waals surface area contributed by atoms with Gasteiger partial charge in [0.05, 0.1) is 25.8 Å². The molecule has 0 atom stereocenters. The Morgan fingerprint density at radius 3 is 2.52 bits per heavy atom. The number of benzene rings is 1. The van der Waals surface area contributed by atoms with E-state index < -0.39 is 11.5 Å². The van der Waals surface area contributed by atoms with Gasteiger partial charge in [-0.15, -0.1) is 0 Å². The SMILES string of the molecule is CCOc1cc(/C=C/C(=O)NC2(C(=O)OC)CCCCC2)cc(Cl)c1OC. The van der Waals surface area contributed by atoms with Crippen LogP contribution in [0.15, 0.2) is 18.2 Å². The molecule has 1 aliphatic rings. The van der Waals surface area contributed by atoms with Crippen LogP contribution in [-0.4, -0.2) is 38.2 Å². The van der Waals surface area contributed by atoms with Crippen molar-refractivity contribution in [3.8, 4) is 11.5 Å². The van der Waals surface area contributed by atoms with Gasteiger partial charge in [-0.25, -0.2) is 4.79 Å². The predicted octanol–water partition coefficient (Wildman–Crippen LogP) is 3.75. The Balaban J connectivity index is 2.17. The standard InChI is InChI=1S/C20H26ClNO5/c1-4-27-16-13-14(12-15(21)18(16)25-2)8-9-17(23)22-20(19(24)26-3)10-6-5-7-11-20/h8-9,12-13H,4-7,10-11H2,1-3H3,(H,22,23)/b9-8+. The fourth-order valence-corrected chi connectivity index (χ4v) is 3.62. The second kappa shape index (κ2) is 9.65. The van der Waals surface area contributed by atoms with Crippen LogP contribution < -0.4 is 14.8 Å². The number of ether oxygens (including phenoxy) is 3. The Kier molecular flexibility index (Phi) is 7.54. The van der Waals surface area contributed by atoms with Gasteiger partial charge in [-0.1, -0.05) is 30.9 Å². The number of carbonyl (C=O) groups is 2. The fourth-order valence-electron chi connectivity index (χ4n) is 3.33. The molecule has 6 nitrogen and oxygen atoms in total. The van der Waals surface area contributed by atoms with E-state index in [9.17, 15) is 9.59 Å². The average Bonchev–Trinajstić information content (AvgIpc) is 2.66. The second-order valence-electron chi connectivity index (χ2n) is 6.42. The van der Waals surface area contributed by atoms with Crippen molar-refractivity contribution in [3.63, 3.8) is 0 Å². The topological polar surface area (TPSA) is 73.9 Å². The largest absolute Gasteiger partial charge is 0.491 e. The molecule has 0 aromatic heterocycles. The molecule has 1 aromatic carbocycles. The highest BCUT2D eigenvalue weighted by atomic mass is 35.5. The Labute approximate surface area is 164 Å². The maximum Gasteiger partial charge on any atom is 0.331 e. The number of hydrogen-bond donors (Lipinski definition) is 1. The molecular formula is C20H26ClNO5. The molecular weight excluding hydrogens is 370 g/mol. The first-order valence-corrected chi connectivity index (χ1v) is 9.42. The first kappa shape index (κ1) is 21.1. The average molecular weight is 396 g/mol. The third-order valence-corrected chi connectivity index (χ3v) is 4.89. The summed E-state index contributed by atoms with van der Waals surface area (Å²) in [7, 11) is 2.86. The Morgan fingerprint density at radius 1 is 1.22 bits per heavy atom. The van der Waals surface area contributed by atoms with E-state index >= 15 is 0 Å². The first-order valence-electron chi connectivity index (χ1n) is 9.04. The summed E-state index contributed by atoms with van der Waals surface area (Å²) in [5.74, 6) is 0.208. The fraction of sp³-hybridized carbons (Fsp3) is 0.500. The van der Waals surface area contributed by atoms with Gasteiger partial charge >= 0.3 is 5.97 Å². The molecule has 0 bridgehead atoms. The highest BCUT2D eigenvalue weighted by Gasteiger charge is 2.41. The van der Waals surface area contributed by atoms with Crippen LogP contribution >= 0.6 is 11.6 Å². The molecule has 0 spiro atoms. The lowest BCUT2D eigenvalue weighted by Gasteiger charge is -2.34. The lowest BCUT2D eigenvalue weighted by atomic mass is 9.81. The zero-order valence-electron chi connectivity index (χ0n) is 16.0. The molecule has 0 aliphatic heterocycles. The van der Waals surface area contributed by atoms with E-state index in [0.717, 1.165) is 19.3 Å². The van der Waals surface area contributed by atoms with Crippen molar-refractivity contribution in [2.75, 3.05) is 20.8 Å². The van der Waals surface area contributed by atoms with Gasteiger partial charge in [-0.05, 0) is 43.5 Å². The van der Waals surface area contributed by atoms with Crippen molar-refractivity contribution >= 4 is 29.6 Å². The third kappa shape index (κ3) is 5.16. The molecule has 0 heterocycles. The van der Waals surface area contributed by atoms with Gasteiger partial charge in [-0.2, -0.15) is 0 Å². The number of nitrogens with one attached hydrogen (secondary N) is 1. The molecule has 1 N–H and O–H groups in total. The molecule has 1 saturated carbocycles. The number of carbonyl (C=O) groups excluding carboxylic acids is 2. The monoisotopic (exact) mass is 395 g/mol. The van der Waals surface area contributed by atoms with Crippen LogP contribution in [0.3, 0.4) is 0 Å². The summed E-state index contributed by atoms with van der Waals surface area (Å²) >= 11 is 6.22. The minimum Gasteiger partial charge on any atom is -0.491 e. The molecule has 27 heavy (non-hydrogen) atoms. The zero-order valence-corrected chi connectivity index (χ0v) is 16.7. The van der Waals surface area contributed by atoms with E-state index in [1.54, 1.807) is 18.2 Å². The molecule has 0 unspecified atom stereocenters. The Morgan fingerprint density at radius 2 is 1.93 bits per heavy atom. The van der Waals surface area contributed by atoms with Gasteiger partial charge in [0.1, 0.15) is 5.54 Å². The summed E-state index contributed by atoms with van der Waals surface area (Å²) < 4.78 is 15.7. The summed E-state index contributed by atoms with van der Waals surface area (Å²) in [6.45, 7) is 2.32. The van der Waals surface area contributed by atoms with Gasteiger partial charge in [0.25, 0.3) is 0 Å². The van der Waals surface area contributed by atoms with Crippen LogP contribution in [0.25, 0.3) is 6.08 Å². The highest BCUT2D eigenvalue weighted by Crippen LogP contribution is 2.36. The quantitative estimate of drug-likeness (QED) is 0.562. The van der Waals surface area contributed by atoms with Crippen LogP contribution in [0.1, 0.15) is 44.6 Å². The van der Waals surface area contributed by atoms with E-state index in [0.29, 0.717) is 41.5 Å². The van der Waals surface area contributed by atoms with Gasteiger partial charge in [-0.3, -0.25) is 4.79 Å². The highest BCUT2D eigenvalue weighted by molar-refractivity contribution is 6.32. The van der Waals surface area contributed by atoms with Crippen LogP contribution in [0.2, 0.25) is 5.02 Å². The summed E-state index contributed by atoms with van der Waals surface area (Å²) in [6.07, 6.45) is 6.99. The first-order chi connectivity index (χ1) is 13.0.